The normalized spacial score (nSPS) is 21.0. The van der Waals surface area contributed by atoms with Crippen LogP contribution in [0, 0.1) is 5.92 Å². The van der Waals surface area contributed by atoms with Crippen LogP contribution in [-0.2, 0) is 6.42 Å². The largest absolute Gasteiger partial charge is 0.390 e. The zero-order valence-electron chi connectivity index (χ0n) is 9.00. The smallest absolute Gasteiger partial charge is 0.0931 e. The highest BCUT2D eigenvalue weighted by Crippen LogP contribution is 2.35. The highest BCUT2D eigenvalue weighted by atomic mass is 35.5. The highest BCUT2D eigenvalue weighted by molar-refractivity contribution is 7.16. The molecule has 1 nitrogen and oxygen atoms in total. The van der Waals surface area contributed by atoms with Gasteiger partial charge >= 0.3 is 0 Å². The van der Waals surface area contributed by atoms with Gasteiger partial charge in [-0.05, 0) is 31.4 Å². The standard InChI is InChI=1S/C12H17ClOS/c1-12(14,7-9-3-2-4-9)8-10-5-6-11(13)15-10/h5-6,9,14H,2-4,7-8H2,1H3. The van der Waals surface area contributed by atoms with Crippen molar-refractivity contribution in [2.45, 2.75) is 44.6 Å². The van der Waals surface area contributed by atoms with E-state index in [0.29, 0.717) is 0 Å². The lowest BCUT2D eigenvalue weighted by Crippen LogP contribution is -2.32. The van der Waals surface area contributed by atoms with E-state index in [-0.39, 0.29) is 0 Å². The lowest BCUT2D eigenvalue weighted by atomic mass is 9.77. The second kappa shape index (κ2) is 4.44. The van der Waals surface area contributed by atoms with Crippen LogP contribution in [0.2, 0.25) is 4.34 Å². The van der Waals surface area contributed by atoms with E-state index in [1.807, 2.05) is 19.1 Å². The summed E-state index contributed by atoms with van der Waals surface area (Å²) < 4.78 is 0.810. The molecule has 84 valence electrons. The van der Waals surface area contributed by atoms with Crippen molar-refractivity contribution in [2.75, 3.05) is 0 Å². The van der Waals surface area contributed by atoms with Crippen LogP contribution >= 0.6 is 22.9 Å². The molecule has 0 aromatic carbocycles. The molecule has 1 aromatic heterocycles. The first kappa shape index (κ1) is 11.4. The Balaban J connectivity index is 1.90. The van der Waals surface area contributed by atoms with E-state index >= 15 is 0 Å². The molecule has 1 unspecified atom stereocenters. The maximum atomic E-state index is 10.3. The Bertz CT molecular complexity index is 328. The minimum absolute atomic E-state index is 0.556. The van der Waals surface area contributed by atoms with Gasteiger partial charge < -0.3 is 5.11 Å². The van der Waals surface area contributed by atoms with Gasteiger partial charge in [0.25, 0.3) is 0 Å². The van der Waals surface area contributed by atoms with Gasteiger partial charge in [-0.3, -0.25) is 0 Å². The van der Waals surface area contributed by atoms with Gasteiger partial charge in [0.2, 0.25) is 0 Å². The zero-order chi connectivity index (χ0) is 10.9. The van der Waals surface area contributed by atoms with Gasteiger partial charge in [-0.1, -0.05) is 30.9 Å². The summed E-state index contributed by atoms with van der Waals surface area (Å²) in [6.07, 6.45) is 5.59. The summed E-state index contributed by atoms with van der Waals surface area (Å²) in [5.74, 6) is 0.746. The topological polar surface area (TPSA) is 20.2 Å². The first-order valence-corrected chi connectivity index (χ1v) is 6.71. The second-order valence-electron chi connectivity index (χ2n) is 4.88. The molecule has 0 radical (unpaired) electrons. The zero-order valence-corrected chi connectivity index (χ0v) is 10.6. The molecule has 1 saturated carbocycles. The number of aliphatic hydroxyl groups is 1. The molecular formula is C12H17ClOS. The van der Waals surface area contributed by atoms with Crippen molar-refractivity contribution < 1.29 is 5.11 Å². The van der Waals surface area contributed by atoms with E-state index < -0.39 is 5.60 Å². The molecule has 1 aromatic rings. The van der Waals surface area contributed by atoms with Crippen molar-refractivity contribution in [1.82, 2.24) is 0 Å². The fraction of sp³-hybridized carbons (Fsp3) is 0.667. The van der Waals surface area contributed by atoms with Crippen LogP contribution in [-0.4, -0.2) is 10.7 Å². The highest BCUT2D eigenvalue weighted by Gasteiger charge is 2.29. The lowest BCUT2D eigenvalue weighted by molar-refractivity contribution is 0.0211. The Kier molecular flexibility index (Phi) is 3.39. The monoisotopic (exact) mass is 244 g/mol. The Morgan fingerprint density at radius 2 is 2.27 bits per heavy atom. The molecule has 1 heterocycles. The molecule has 1 atom stereocenters. The average Bonchev–Trinajstić information content (AvgIpc) is 2.43. The average molecular weight is 245 g/mol. The van der Waals surface area contributed by atoms with Crippen LogP contribution < -0.4 is 0 Å². The van der Waals surface area contributed by atoms with E-state index in [9.17, 15) is 5.11 Å². The van der Waals surface area contributed by atoms with Crippen molar-refractivity contribution in [1.29, 1.82) is 0 Å². The Labute approximate surface area is 100 Å². The molecule has 0 amide bonds. The van der Waals surface area contributed by atoms with Crippen LogP contribution in [0.15, 0.2) is 12.1 Å². The van der Waals surface area contributed by atoms with Gasteiger partial charge in [0.15, 0.2) is 0 Å². The van der Waals surface area contributed by atoms with Gasteiger partial charge in [0.05, 0.1) is 9.94 Å². The third-order valence-corrected chi connectivity index (χ3v) is 4.37. The quantitative estimate of drug-likeness (QED) is 0.852. The third kappa shape index (κ3) is 3.20. The van der Waals surface area contributed by atoms with Crippen molar-refractivity contribution >= 4 is 22.9 Å². The Morgan fingerprint density at radius 1 is 1.53 bits per heavy atom. The van der Waals surface area contributed by atoms with E-state index in [1.165, 1.54) is 24.1 Å². The van der Waals surface area contributed by atoms with Crippen LogP contribution in [0.4, 0.5) is 0 Å². The third-order valence-electron chi connectivity index (χ3n) is 3.14. The number of thiophene rings is 1. The number of halogens is 1. The van der Waals surface area contributed by atoms with Gasteiger partial charge in [-0.25, -0.2) is 0 Å². The molecule has 1 fully saturated rings. The molecule has 1 aliphatic carbocycles. The summed E-state index contributed by atoms with van der Waals surface area (Å²) in [7, 11) is 0. The summed E-state index contributed by atoms with van der Waals surface area (Å²) >= 11 is 7.44. The molecule has 0 bridgehead atoms. The van der Waals surface area contributed by atoms with E-state index in [1.54, 1.807) is 11.3 Å². The van der Waals surface area contributed by atoms with Gasteiger partial charge in [-0.15, -0.1) is 11.3 Å². The number of rotatable bonds is 4. The van der Waals surface area contributed by atoms with Crippen molar-refractivity contribution in [3.63, 3.8) is 0 Å². The van der Waals surface area contributed by atoms with Crippen LogP contribution in [0.5, 0.6) is 0 Å². The van der Waals surface area contributed by atoms with E-state index in [0.717, 1.165) is 23.1 Å². The summed E-state index contributed by atoms with van der Waals surface area (Å²) in [5.41, 5.74) is -0.556. The molecule has 3 heteroatoms. The van der Waals surface area contributed by atoms with Crippen LogP contribution in [0.25, 0.3) is 0 Å². The summed E-state index contributed by atoms with van der Waals surface area (Å²) in [6.45, 7) is 1.94. The summed E-state index contributed by atoms with van der Waals surface area (Å²) in [4.78, 5) is 1.18. The minimum atomic E-state index is -0.556. The van der Waals surface area contributed by atoms with Crippen LogP contribution in [0.3, 0.4) is 0 Å². The molecule has 1 N–H and O–H groups in total. The SMILES string of the molecule is CC(O)(Cc1ccc(Cl)s1)CC1CCC1. The van der Waals surface area contributed by atoms with Gasteiger partial charge in [0, 0.05) is 11.3 Å². The minimum Gasteiger partial charge on any atom is -0.390 e. The number of hydrogen-bond donors (Lipinski definition) is 1. The second-order valence-corrected chi connectivity index (χ2v) is 6.68. The van der Waals surface area contributed by atoms with Crippen molar-refractivity contribution in [3.05, 3.63) is 21.3 Å². The van der Waals surface area contributed by atoms with Crippen molar-refractivity contribution in [2.24, 2.45) is 5.92 Å². The molecule has 0 spiro atoms. The fourth-order valence-corrected chi connectivity index (χ4v) is 3.48. The first-order valence-electron chi connectivity index (χ1n) is 5.52. The Hall–Kier alpha value is -0.0500. The maximum absolute atomic E-state index is 10.3. The summed E-state index contributed by atoms with van der Waals surface area (Å²) in [6, 6.07) is 3.92. The Morgan fingerprint density at radius 3 is 2.73 bits per heavy atom. The fourth-order valence-electron chi connectivity index (χ4n) is 2.21. The maximum Gasteiger partial charge on any atom is 0.0931 e. The van der Waals surface area contributed by atoms with E-state index in [2.05, 4.69) is 0 Å². The number of hydrogen-bond acceptors (Lipinski definition) is 2. The van der Waals surface area contributed by atoms with Crippen molar-refractivity contribution in [3.8, 4) is 0 Å². The van der Waals surface area contributed by atoms with E-state index in [4.69, 9.17) is 11.6 Å². The summed E-state index contributed by atoms with van der Waals surface area (Å²) in [5, 5.41) is 10.3. The molecule has 0 aliphatic heterocycles. The predicted molar refractivity (Wildman–Crippen MR) is 65.6 cm³/mol. The molecule has 2 rings (SSSR count). The first-order chi connectivity index (χ1) is 7.05. The molecule has 0 saturated heterocycles. The van der Waals surface area contributed by atoms with Gasteiger partial charge in [0.1, 0.15) is 0 Å². The molecule has 15 heavy (non-hydrogen) atoms. The van der Waals surface area contributed by atoms with Gasteiger partial charge in [-0.2, -0.15) is 0 Å². The molecular weight excluding hydrogens is 228 g/mol. The molecule has 1 aliphatic rings. The lowest BCUT2D eigenvalue weighted by Gasteiger charge is -2.33. The van der Waals surface area contributed by atoms with Crippen LogP contribution in [0.1, 0.15) is 37.5 Å². The predicted octanol–water partition coefficient (Wildman–Crippen LogP) is 3.89.